The quantitative estimate of drug-likeness (QED) is 0.136. The summed E-state index contributed by atoms with van der Waals surface area (Å²) in [7, 11) is 2.03. The summed E-state index contributed by atoms with van der Waals surface area (Å²) in [4.78, 5) is 4.76. The molecule has 0 saturated carbocycles. The Labute approximate surface area is 226 Å². The van der Waals surface area contributed by atoms with Gasteiger partial charge in [0.1, 0.15) is 19.0 Å². The molecular formula is C29H33N8O2+. The Morgan fingerprint density at radius 3 is 2.74 bits per heavy atom. The molecule has 10 nitrogen and oxygen atoms in total. The fraction of sp³-hybridized carbons (Fsp3) is 0.241. The van der Waals surface area contributed by atoms with Crippen molar-refractivity contribution < 1.29 is 14.4 Å². The SMILES string of the molecule is C[n+]1ccn(CCCCc2ccc(NC3=CC(=Nc4c(OCCO)nn5ccccc45)C(N)=CC3=N)cc2)c1. The lowest BCUT2D eigenvalue weighted by Crippen LogP contribution is -2.23. The predicted octanol–water partition coefficient (Wildman–Crippen LogP) is 3.30. The number of imidazole rings is 1. The summed E-state index contributed by atoms with van der Waals surface area (Å²) in [5.74, 6) is 0.303. The van der Waals surface area contributed by atoms with Crippen LogP contribution < -0.4 is 20.4 Å². The van der Waals surface area contributed by atoms with Gasteiger partial charge >= 0.3 is 0 Å². The number of aromatic nitrogens is 4. The van der Waals surface area contributed by atoms with Crippen LogP contribution >= 0.6 is 0 Å². The number of pyridine rings is 1. The van der Waals surface area contributed by atoms with Crippen molar-refractivity contribution in [1.29, 1.82) is 5.41 Å². The average Bonchev–Trinajstić information content (AvgIpc) is 3.51. The number of nitrogens with zero attached hydrogens (tertiary/aromatic N) is 5. The highest BCUT2D eigenvalue weighted by molar-refractivity contribution is 6.24. The Kier molecular flexibility index (Phi) is 7.83. The molecular weight excluding hydrogens is 492 g/mol. The van der Waals surface area contributed by atoms with Gasteiger partial charge < -0.3 is 20.9 Å². The normalized spacial score (nSPS) is 14.5. The molecule has 3 aromatic heterocycles. The highest BCUT2D eigenvalue weighted by Crippen LogP contribution is 2.33. The molecule has 3 heterocycles. The number of nitrogens with two attached hydrogens (primary N) is 1. The smallest absolute Gasteiger partial charge is 0.260 e. The highest BCUT2D eigenvalue weighted by Gasteiger charge is 2.19. The topological polar surface area (TPSA) is 130 Å². The molecule has 0 aliphatic heterocycles. The Morgan fingerprint density at radius 1 is 1.13 bits per heavy atom. The van der Waals surface area contributed by atoms with Crippen LogP contribution in [0.4, 0.5) is 11.4 Å². The van der Waals surface area contributed by atoms with E-state index in [-0.39, 0.29) is 18.9 Å². The van der Waals surface area contributed by atoms with Gasteiger partial charge in [-0.05, 0) is 61.2 Å². The Balaban J connectivity index is 1.28. The second-order valence-electron chi connectivity index (χ2n) is 9.42. The van der Waals surface area contributed by atoms with E-state index in [2.05, 4.69) is 50.4 Å². The fourth-order valence-corrected chi connectivity index (χ4v) is 4.40. The molecule has 5 rings (SSSR count). The van der Waals surface area contributed by atoms with Crippen molar-refractivity contribution in [3.05, 3.63) is 96.5 Å². The number of hydrogen-bond donors (Lipinski definition) is 4. The first-order valence-electron chi connectivity index (χ1n) is 12.9. The van der Waals surface area contributed by atoms with E-state index in [1.54, 1.807) is 22.9 Å². The third-order valence-electron chi connectivity index (χ3n) is 6.40. The second-order valence-corrected chi connectivity index (χ2v) is 9.42. The largest absolute Gasteiger partial charge is 0.473 e. The van der Waals surface area contributed by atoms with E-state index in [0.717, 1.165) is 37.0 Å². The van der Waals surface area contributed by atoms with Gasteiger partial charge in [0.25, 0.3) is 5.88 Å². The lowest BCUT2D eigenvalue weighted by Gasteiger charge is -2.16. The number of aliphatic hydroxyl groups excluding tert-OH is 1. The zero-order valence-corrected chi connectivity index (χ0v) is 21.9. The number of aliphatic imine (C=N–C) groups is 1. The average molecular weight is 526 g/mol. The minimum Gasteiger partial charge on any atom is -0.473 e. The lowest BCUT2D eigenvalue weighted by atomic mass is 10.0. The summed E-state index contributed by atoms with van der Waals surface area (Å²) in [6.45, 7) is 0.979. The minimum atomic E-state index is -0.136. The van der Waals surface area contributed by atoms with Crippen LogP contribution in [0.5, 0.6) is 5.88 Å². The first-order valence-corrected chi connectivity index (χ1v) is 12.9. The molecule has 1 aliphatic carbocycles. The van der Waals surface area contributed by atoms with Gasteiger partial charge in [0.2, 0.25) is 6.33 Å². The van der Waals surface area contributed by atoms with Gasteiger partial charge in [-0.15, -0.1) is 5.10 Å². The van der Waals surface area contributed by atoms with E-state index in [9.17, 15) is 5.11 Å². The number of aliphatic hydroxyl groups is 1. The number of aryl methyl sites for hydroxylation is 3. The molecule has 4 aromatic rings. The Bertz CT molecular complexity index is 1560. The lowest BCUT2D eigenvalue weighted by molar-refractivity contribution is -0.671. The predicted molar refractivity (Wildman–Crippen MR) is 152 cm³/mol. The van der Waals surface area contributed by atoms with Gasteiger partial charge in [0.15, 0.2) is 5.69 Å². The van der Waals surface area contributed by atoms with Gasteiger partial charge in [-0.2, -0.15) is 0 Å². The van der Waals surface area contributed by atoms with Crippen molar-refractivity contribution in [1.82, 2.24) is 14.2 Å². The first-order chi connectivity index (χ1) is 19.0. The van der Waals surface area contributed by atoms with Crippen LogP contribution in [0.25, 0.3) is 5.52 Å². The van der Waals surface area contributed by atoms with E-state index in [0.29, 0.717) is 28.7 Å². The van der Waals surface area contributed by atoms with Crippen LogP contribution in [0.3, 0.4) is 0 Å². The number of rotatable bonds is 11. The maximum atomic E-state index is 9.21. The molecule has 10 heteroatoms. The molecule has 1 aromatic carbocycles. The van der Waals surface area contributed by atoms with Crippen LogP contribution in [0, 0.1) is 5.41 Å². The summed E-state index contributed by atoms with van der Waals surface area (Å²) >= 11 is 0. The van der Waals surface area contributed by atoms with E-state index in [1.807, 2.05) is 37.4 Å². The van der Waals surface area contributed by atoms with Crippen LogP contribution in [0.15, 0.2) is 95.9 Å². The molecule has 1 aliphatic rings. The Hall–Kier alpha value is -4.70. The number of allylic oxidation sites excluding steroid dienone is 2. The van der Waals surface area contributed by atoms with Gasteiger partial charge in [-0.1, -0.05) is 18.2 Å². The monoisotopic (exact) mass is 525 g/mol. The second kappa shape index (κ2) is 11.8. The van der Waals surface area contributed by atoms with Crippen molar-refractivity contribution in [3.63, 3.8) is 0 Å². The molecule has 39 heavy (non-hydrogen) atoms. The number of fused-ring (bicyclic) bond motifs is 1. The van der Waals surface area contributed by atoms with Gasteiger partial charge in [-0.25, -0.2) is 18.6 Å². The summed E-state index contributed by atoms with van der Waals surface area (Å²) < 4.78 is 11.6. The molecule has 0 bridgehead atoms. The molecule has 200 valence electrons. The summed E-state index contributed by atoms with van der Waals surface area (Å²) in [6, 6.07) is 13.9. The molecule has 0 spiro atoms. The molecule has 0 amide bonds. The van der Waals surface area contributed by atoms with Gasteiger partial charge in [0, 0.05) is 11.9 Å². The summed E-state index contributed by atoms with van der Waals surface area (Å²) in [5, 5.41) is 25.4. The molecule has 0 saturated heterocycles. The molecule has 0 fully saturated rings. The number of anilines is 1. The molecule has 0 radical (unpaired) electrons. The highest BCUT2D eigenvalue weighted by atomic mass is 16.5. The van der Waals surface area contributed by atoms with Crippen LogP contribution in [-0.2, 0) is 20.0 Å². The van der Waals surface area contributed by atoms with Crippen molar-refractivity contribution in [2.45, 2.75) is 25.8 Å². The summed E-state index contributed by atoms with van der Waals surface area (Å²) in [5.41, 5.74) is 11.4. The third kappa shape index (κ3) is 6.24. The first kappa shape index (κ1) is 25.9. The van der Waals surface area contributed by atoms with Crippen molar-refractivity contribution in [2.24, 2.45) is 17.8 Å². The maximum Gasteiger partial charge on any atom is 0.260 e. The Morgan fingerprint density at radius 2 is 1.97 bits per heavy atom. The van der Waals surface area contributed by atoms with Crippen LogP contribution in [-0.4, -0.2) is 43.9 Å². The number of unbranched alkanes of at least 4 members (excludes halogenated alkanes) is 1. The van der Waals surface area contributed by atoms with Gasteiger partial charge in [-0.3, -0.25) is 5.41 Å². The summed E-state index contributed by atoms with van der Waals surface area (Å²) in [6.07, 6.45) is 14.6. The van der Waals surface area contributed by atoms with Crippen LogP contribution in [0.1, 0.15) is 18.4 Å². The fourth-order valence-electron chi connectivity index (χ4n) is 4.40. The number of nitrogens with one attached hydrogen (secondary N) is 2. The van der Waals surface area contributed by atoms with E-state index in [1.165, 1.54) is 5.56 Å². The van der Waals surface area contributed by atoms with E-state index < -0.39 is 0 Å². The number of benzene rings is 1. The third-order valence-corrected chi connectivity index (χ3v) is 6.40. The van der Waals surface area contributed by atoms with Crippen molar-refractivity contribution >= 4 is 28.3 Å². The maximum absolute atomic E-state index is 9.21. The van der Waals surface area contributed by atoms with E-state index >= 15 is 0 Å². The number of hydrogen-bond acceptors (Lipinski definition) is 7. The zero-order valence-electron chi connectivity index (χ0n) is 21.9. The standard InChI is InChI=1S/C29H33N8O2/c1-35-14-15-36(20-35)12-4-2-6-21-8-10-22(11-9-21)32-25-19-26(24(31)18-23(25)30)33-28-27-7-3-5-13-37(27)34-29(28)39-17-16-38/h3,5,7-11,13-15,18-20,30,32,38H,2,4,6,12,16-17,31H2,1H3/q+1. The van der Waals surface area contributed by atoms with Crippen molar-refractivity contribution in [3.8, 4) is 5.88 Å². The molecule has 0 unspecified atom stereocenters. The minimum absolute atomic E-state index is 0.0995. The van der Waals surface area contributed by atoms with Gasteiger partial charge in [0.05, 0.1) is 48.5 Å². The zero-order chi connectivity index (χ0) is 27.2. The molecule has 0 atom stereocenters. The number of ether oxygens (including phenoxy) is 1. The van der Waals surface area contributed by atoms with Crippen molar-refractivity contribution in [2.75, 3.05) is 18.5 Å². The van der Waals surface area contributed by atoms with E-state index in [4.69, 9.17) is 20.9 Å². The molecule has 5 N–H and O–H groups in total. The van der Waals surface area contributed by atoms with Crippen LogP contribution in [0.2, 0.25) is 0 Å².